The number of nitrogens with zero attached hydrogens (tertiary/aromatic N) is 1. The first-order valence-corrected chi connectivity index (χ1v) is 8.52. The van der Waals surface area contributed by atoms with E-state index >= 15 is 0 Å². The van der Waals surface area contributed by atoms with E-state index < -0.39 is 11.6 Å². The summed E-state index contributed by atoms with van der Waals surface area (Å²) in [5.74, 6) is -0.832. The lowest BCUT2D eigenvalue weighted by molar-refractivity contribution is 0.00717. The van der Waals surface area contributed by atoms with Gasteiger partial charge < -0.3 is 10.1 Å². The second-order valence-electron chi connectivity index (χ2n) is 7.14. The van der Waals surface area contributed by atoms with Gasteiger partial charge in [0.1, 0.15) is 19.1 Å². The number of ether oxygens (including phenoxy) is 1. The lowest BCUT2D eigenvalue weighted by atomic mass is 9.99. The van der Waals surface area contributed by atoms with Gasteiger partial charge in [0.05, 0.1) is 5.56 Å². The fourth-order valence-electron chi connectivity index (χ4n) is 2.67. The number of esters is 1. The van der Waals surface area contributed by atoms with Crippen molar-refractivity contribution in [2.24, 2.45) is 0 Å². The van der Waals surface area contributed by atoms with Crippen molar-refractivity contribution in [1.82, 2.24) is 4.98 Å². The van der Waals surface area contributed by atoms with Crippen LogP contribution >= 0.6 is 0 Å². The number of amides is 1. The molecule has 134 valence electrons. The summed E-state index contributed by atoms with van der Waals surface area (Å²) in [5, 5.41) is 4.27. The van der Waals surface area contributed by atoms with Gasteiger partial charge in [-0.05, 0) is 44.4 Å². The van der Waals surface area contributed by atoms with E-state index in [1.54, 1.807) is 30.3 Å². The van der Waals surface area contributed by atoms with E-state index in [-0.39, 0.29) is 11.6 Å². The Hall–Kier alpha value is -3.15. The molecule has 27 heavy (non-hydrogen) atoms. The van der Waals surface area contributed by atoms with Crippen LogP contribution in [0.3, 0.4) is 0 Å². The van der Waals surface area contributed by atoms with Crippen molar-refractivity contribution in [1.29, 1.82) is 0 Å². The van der Waals surface area contributed by atoms with Crippen LogP contribution in [0.1, 0.15) is 41.6 Å². The molecule has 0 atom stereocenters. The van der Waals surface area contributed by atoms with Gasteiger partial charge in [0.25, 0.3) is 5.91 Å². The Morgan fingerprint density at radius 3 is 2.37 bits per heavy atom. The first kappa shape index (κ1) is 18.6. The van der Waals surface area contributed by atoms with Gasteiger partial charge in [-0.1, -0.05) is 35.8 Å². The molecule has 0 fully saturated rings. The van der Waals surface area contributed by atoms with Crippen LogP contribution in [0.2, 0.25) is 0 Å². The number of nitrogens with one attached hydrogen (secondary N) is 1. The molecule has 2 aromatic carbocycles. The summed E-state index contributed by atoms with van der Waals surface area (Å²) in [6.45, 7) is 5.43. The Balaban J connectivity index is 2.02. The number of benzene rings is 2. The molecule has 0 spiro atoms. The minimum atomic E-state index is -0.620. The molecule has 0 saturated carbocycles. The molecular formula is C21H19BN2O3. The van der Waals surface area contributed by atoms with E-state index in [1.165, 1.54) is 6.20 Å². The molecule has 0 aliphatic rings. The third-order valence-corrected chi connectivity index (χ3v) is 3.79. The van der Waals surface area contributed by atoms with Crippen molar-refractivity contribution in [2.75, 3.05) is 5.32 Å². The molecule has 0 bridgehead atoms. The molecule has 6 heteroatoms. The number of carbonyl (C=O) groups is 2. The maximum atomic E-state index is 12.7. The van der Waals surface area contributed by atoms with Gasteiger partial charge in [0, 0.05) is 17.3 Å². The zero-order valence-electron chi connectivity index (χ0n) is 15.4. The number of anilines is 1. The van der Waals surface area contributed by atoms with E-state index in [4.69, 9.17) is 12.6 Å². The highest BCUT2D eigenvalue weighted by Crippen LogP contribution is 2.29. The van der Waals surface area contributed by atoms with Crippen molar-refractivity contribution in [3.8, 4) is 0 Å². The second kappa shape index (κ2) is 7.23. The number of fused-ring (bicyclic) bond motifs is 1. The van der Waals surface area contributed by atoms with Crippen LogP contribution in [-0.4, -0.2) is 30.3 Å². The topological polar surface area (TPSA) is 68.3 Å². The fraction of sp³-hybridized carbons (Fsp3) is 0.190. The summed E-state index contributed by atoms with van der Waals surface area (Å²) >= 11 is 0. The van der Waals surface area contributed by atoms with Crippen LogP contribution in [0.25, 0.3) is 10.8 Å². The fourth-order valence-corrected chi connectivity index (χ4v) is 2.67. The largest absolute Gasteiger partial charge is 0.456 e. The summed E-state index contributed by atoms with van der Waals surface area (Å²) in [6.07, 6.45) is 1.42. The van der Waals surface area contributed by atoms with Gasteiger partial charge in [0.2, 0.25) is 0 Å². The van der Waals surface area contributed by atoms with Gasteiger partial charge in [-0.25, -0.2) is 4.79 Å². The van der Waals surface area contributed by atoms with E-state index in [0.29, 0.717) is 22.1 Å². The molecule has 3 rings (SSSR count). The lowest BCUT2D eigenvalue weighted by Gasteiger charge is -2.20. The van der Waals surface area contributed by atoms with E-state index in [2.05, 4.69) is 10.3 Å². The predicted molar refractivity (Wildman–Crippen MR) is 107 cm³/mol. The van der Waals surface area contributed by atoms with Crippen LogP contribution in [0.4, 0.5) is 5.69 Å². The number of hydrogen-bond acceptors (Lipinski definition) is 4. The minimum Gasteiger partial charge on any atom is -0.456 e. The van der Waals surface area contributed by atoms with Crippen molar-refractivity contribution >= 4 is 41.6 Å². The van der Waals surface area contributed by atoms with Crippen molar-refractivity contribution in [2.45, 2.75) is 26.4 Å². The highest BCUT2D eigenvalue weighted by atomic mass is 16.6. The first-order chi connectivity index (χ1) is 12.7. The smallest absolute Gasteiger partial charge is 0.339 e. The first-order valence-electron chi connectivity index (χ1n) is 8.52. The zero-order valence-corrected chi connectivity index (χ0v) is 15.4. The molecule has 1 amide bonds. The number of aromatic nitrogens is 1. The number of carbonyl (C=O) groups excluding carboxylic acids is 2. The van der Waals surface area contributed by atoms with Gasteiger partial charge in [-0.3, -0.25) is 9.78 Å². The summed E-state index contributed by atoms with van der Waals surface area (Å²) in [5.41, 5.74) is 0.992. The lowest BCUT2D eigenvalue weighted by Crippen LogP contribution is -2.24. The zero-order chi connectivity index (χ0) is 19.6. The van der Waals surface area contributed by atoms with Gasteiger partial charge >= 0.3 is 5.97 Å². The van der Waals surface area contributed by atoms with Crippen LogP contribution in [-0.2, 0) is 4.74 Å². The highest BCUT2D eigenvalue weighted by molar-refractivity contribution is 6.32. The number of hydrogen-bond donors (Lipinski definition) is 1. The van der Waals surface area contributed by atoms with Crippen molar-refractivity contribution in [3.63, 3.8) is 0 Å². The summed E-state index contributed by atoms with van der Waals surface area (Å²) in [7, 11) is 5.61. The van der Waals surface area contributed by atoms with Crippen molar-refractivity contribution in [3.05, 3.63) is 66.0 Å². The Morgan fingerprint density at radius 2 is 1.74 bits per heavy atom. The van der Waals surface area contributed by atoms with Gasteiger partial charge in [0.15, 0.2) is 0 Å². The van der Waals surface area contributed by atoms with Crippen LogP contribution < -0.4 is 10.8 Å². The predicted octanol–water partition coefficient (Wildman–Crippen LogP) is 3.24. The molecule has 2 radical (unpaired) electrons. The highest BCUT2D eigenvalue weighted by Gasteiger charge is 2.21. The maximum absolute atomic E-state index is 12.7. The molecule has 1 heterocycles. The normalized spacial score (nSPS) is 11.2. The van der Waals surface area contributed by atoms with Crippen LogP contribution in [0, 0.1) is 0 Å². The maximum Gasteiger partial charge on any atom is 0.339 e. The molecule has 1 aromatic heterocycles. The number of pyridine rings is 1. The summed E-state index contributed by atoms with van der Waals surface area (Å²) < 4.78 is 5.51. The molecule has 3 aromatic rings. The molecule has 0 unspecified atom stereocenters. The average molecular weight is 358 g/mol. The third kappa shape index (κ3) is 4.34. The van der Waals surface area contributed by atoms with E-state index in [9.17, 15) is 9.59 Å². The SMILES string of the molecule is [B]c1ccc(C(=O)Nc2cccc3cccc(C(=O)OC(C)(C)C)c23)nc1. The minimum absolute atomic E-state index is 0.232. The Bertz CT molecular complexity index is 1000. The molecular weight excluding hydrogens is 339 g/mol. The Morgan fingerprint density at radius 1 is 1.04 bits per heavy atom. The van der Waals surface area contributed by atoms with Crippen molar-refractivity contribution < 1.29 is 14.3 Å². The number of rotatable bonds is 3. The Kier molecular flexibility index (Phi) is 4.99. The quantitative estimate of drug-likeness (QED) is 0.577. The third-order valence-electron chi connectivity index (χ3n) is 3.79. The van der Waals surface area contributed by atoms with Gasteiger partial charge in [-0.2, -0.15) is 0 Å². The monoisotopic (exact) mass is 358 g/mol. The standard InChI is InChI=1S/C21H19BN2O3/c1-21(2,3)27-20(26)15-8-4-6-13-7-5-9-16(18(13)15)24-19(25)17-11-10-14(22)12-23-17/h4-12H,1-3H3,(H,24,25). The molecule has 0 saturated heterocycles. The molecule has 5 nitrogen and oxygen atoms in total. The van der Waals surface area contributed by atoms with E-state index in [0.717, 1.165) is 5.39 Å². The second-order valence-corrected chi connectivity index (χ2v) is 7.14. The average Bonchev–Trinajstić information content (AvgIpc) is 2.60. The van der Waals surface area contributed by atoms with Crippen LogP contribution in [0.15, 0.2) is 54.7 Å². The summed E-state index contributed by atoms with van der Waals surface area (Å²) in [4.78, 5) is 29.2. The Labute approximate surface area is 159 Å². The summed E-state index contributed by atoms with van der Waals surface area (Å²) in [6, 6.07) is 13.9. The molecule has 0 aliphatic heterocycles. The van der Waals surface area contributed by atoms with Crippen LogP contribution in [0.5, 0.6) is 0 Å². The molecule has 1 N–H and O–H groups in total. The van der Waals surface area contributed by atoms with E-state index in [1.807, 2.05) is 39.0 Å². The van der Waals surface area contributed by atoms with Gasteiger partial charge in [-0.15, -0.1) is 0 Å². The molecule has 0 aliphatic carbocycles.